The molecule has 3 heterocycles. The van der Waals surface area contributed by atoms with Crippen LogP contribution in [0.25, 0.3) is 0 Å². The summed E-state index contributed by atoms with van der Waals surface area (Å²) in [6.45, 7) is 2.96. The largest absolute Gasteiger partial charge is 0.461 e. The van der Waals surface area contributed by atoms with Crippen molar-refractivity contribution >= 4 is 12.0 Å². The molecule has 0 radical (unpaired) electrons. The number of hydrogen-bond donors (Lipinski definition) is 1. The summed E-state index contributed by atoms with van der Waals surface area (Å²) >= 11 is 0. The van der Waals surface area contributed by atoms with Crippen molar-refractivity contribution in [3.63, 3.8) is 0 Å². The molecule has 1 aromatic rings. The van der Waals surface area contributed by atoms with Crippen molar-refractivity contribution < 1.29 is 13.9 Å². The summed E-state index contributed by atoms with van der Waals surface area (Å²) in [7, 11) is 2.24. The summed E-state index contributed by atoms with van der Waals surface area (Å²) < 4.78 is 10.2. The summed E-state index contributed by atoms with van der Waals surface area (Å²) in [4.78, 5) is 18.2. The maximum absolute atomic E-state index is 11.5. The molecule has 2 atom stereocenters. The summed E-state index contributed by atoms with van der Waals surface area (Å²) in [6.07, 6.45) is 6.45. The van der Waals surface area contributed by atoms with Gasteiger partial charge in [-0.15, -0.1) is 0 Å². The first-order valence-corrected chi connectivity index (χ1v) is 7.75. The first-order valence-electron chi connectivity index (χ1n) is 7.75. The third-order valence-corrected chi connectivity index (χ3v) is 4.73. The van der Waals surface area contributed by atoms with Crippen molar-refractivity contribution in [2.45, 2.75) is 44.7 Å². The van der Waals surface area contributed by atoms with Gasteiger partial charge in [-0.1, -0.05) is 0 Å². The van der Waals surface area contributed by atoms with Crippen LogP contribution in [0, 0.1) is 5.92 Å². The van der Waals surface area contributed by atoms with Crippen LogP contribution < -0.4 is 5.32 Å². The Kier molecular flexibility index (Phi) is 4.14. The molecule has 1 N–H and O–H groups in total. The first kappa shape index (κ1) is 14.4. The number of carbonyl (C=O) groups is 1. The third kappa shape index (κ3) is 3.05. The van der Waals surface area contributed by atoms with Crippen LogP contribution >= 0.6 is 0 Å². The van der Waals surface area contributed by atoms with Gasteiger partial charge in [0.05, 0.1) is 6.61 Å². The van der Waals surface area contributed by atoms with Gasteiger partial charge in [0.25, 0.3) is 6.01 Å². The molecule has 2 fully saturated rings. The molecular formula is C15H23N3O3. The molecule has 2 aliphatic heterocycles. The van der Waals surface area contributed by atoms with Crippen LogP contribution in [0.1, 0.15) is 43.1 Å². The number of esters is 1. The molecule has 0 spiro atoms. The predicted molar refractivity (Wildman–Crippen MR) is 78.2 cm³/mol. The van der Waals surface area contributed by atoms with Crippen molar-refractivity contribution in [3.8, 4) is 0 Å². The number of aromatic nitrogens is 1. The van der Waals surface area contributed by atoms with Crippen LogP contribution in [0.4, 0.5) is 6.01 Å². The maximum atomic E-state index is 11.5. The van der Waals surface area contributed by atoms with E-state index in [4.69, 9.17) is 9.15 Å². The Bertz CT molecular complexity index is 488. The first-order chi connectivity index (χ1) is 10.2. The molecule has 21 heavy (non-hydrogen) atoms. The fourth-order valence-electron chi connectivity index (χ4n) is 3.58. The van der Waals surface area contributed by atoms with Crippen LogP contribution in [0.5, 0.6) is 0 Å². The van der Waals surface area contributed by atoms with Gasteiger partial charge in [-0.2, -0.15) is 4.98 Å². The number of oxazole rings is 1. The van der Waals surface area contributed by atoms with Gasteiger partial charge >= 0.3 is 5.97 Å². The minimum atomic E-state index is -0.438. The zero-order valence-corrected chi connectivity index (χ0v) is 12.7. The van der Waals surface area contributed by atoms with Crippen molar-refractivity contribution in [3.05, 3.63) is 12.0 Å². The molecule has 0 saturated carbocycles. The van der Waals surface area contributed by atoms with Crippen molar-refractivity contribution in [1.82, 2.24) is 9.88 Å². The number of anilines is 1. The van der Waals surface area contributed by atoms with Gasteiger partial charge < -0.3 is 19.4 Å². The van der Waals surface area contributed by atoms with E-state index in [0.717, 1.165) is 18.6 Å². The number of fused-ring (bicyclic) bond motifs is 2. The number of rotatable bonds is 5. The van der Waals surface area contributed by atoms with Gasteiger partial charge in [-0.05, 0) is 45.6 Å². The lowest BCUT2D eigenvalue weighted by atomic mass is 9.91. The highest BCUT2D eigenvalue weighted by molar-refractivity contribution is 5.87. The number of nitrogens with zero attached hydrogens (tertiary/aromatic N) is 2. The quantitative estimate of drug-likeness (QED) is 0.839. The van der Waals surface area contributed by atoms with Crippen molar-refractivity contribution in [2.24, 2.45) is 5.92 Å². The number of hydrogen-bond acceptors (Lipinski definition) is 6. The van der Waals surface area contributed by atoms with E-state index in [9.17, 15) is 4.79 Å². The molecule has 6 nitrogen and oxygen atoms in total. The van der Waals surface area contributed by atoms with E-state index in [1.54, 1.807) is 6.92 Å². The lowest BCUT2D eigenvalue weighted by molar-refractivity contribution is 0.0519. The molecule has 2 unspecified atom stereocenters. The van der Waals surface area contributed by atoms with Crippen LogP contribution in [-0.4, -0.2) is 48.1 Å². The minimum Gasteiger partial charge on any atom is -0.461 e. The summed E-state index contributed by atoms with van der Waals surface area (Å²) in [5, 5.41) is 3.21. The second-order valence-electron chi connectivity index (χ2n) is 6.03. The lowest BCUT2D eigenvalue weighted by Gasteiger charge is -2.36. The van der Waals surface area contributed by atoms with Gasteiger partial charge in [0.15, 0.2) is 5.69 Å². The van der Waals surface area contributed by atoms with E-state index >= 15 is 0 Å². The fraction of sp³-hybridized carbons (Fsp3) is 0.733. The topological polar surface area (TPSA) is 67.6 Å². The van der Waals surface area contributed by atoms with E-state index in [1.807, 2.05) is 0 Å². The second kappa shape index (κ2) is 6.05. The van der Waals surface area contributed by atoms with E-state index in [1.165, 1.54) is 31.9 Å². The Hall–Kier alpha value is -1.56. The third-order valence-electron chi connectivity index (χ3n) is 4.73. The van der Waals surface area contributed by atoms with Gasteiger partial charge in [0.1, 0.15) is 6.26 Å². The highest BCUT2D eigenvalue weighted by Crippen LogP contribution is 2.37. The molecule has 116 valence electrons. The molecule has 2 bridgehead atoms. The van der Waals surface area contributed by atoms with E-state index in [2.05, 4.69) is 22.2 Å². The molecule has 6 heteroatoms. The number of piperidine rings is 1. The van der Waals surface area contributed by atoms with Gasteiger partial charge in [0.2, 0.25) is 0 Å². The Morgan fingerprint density at radius 2 is 2.19 bits per heavy atom. The van der Waals surface area contributed by atoms with E-state index in [0.29, 0.717) is 18.5 Å². The van der Waals surface area contributed by atoms with Gasteiger partial charge in [-0.3, -0.25) is 0 Å². The highest BCUT2D eigenvalue weighted by Gasteiger charge is 2.38. The number of nitrogens with one attached hydrogen (secondary N) is 1. The molecule has 0 aliphatic carbocycles. The van der Waals surface area contributed by atoms with Crippen molar-refractivity contribution in [2.75, 3.05) is 25.5 Å². The van der Waals surface area contributed by atoms with Crippen LogP contribution in [-0.2, 0) is 4.74 Å². The van der Waals surface area contributed by atoms with Crippen LogP contribution in [0.3, 0.4) is 0 Å². The smallest absolute Gasteiger partial charge is 0.360 e. The predicted octanol–water partition coefficient (Wildman–Crippen LogP) is 2.14. The number of carbonyl (C=O) groups excluding carboxylic acids is 1. The Morgan fingerprint density at radius 3 is 2.86 bits per heavy atom. The average Bonchev–Trinajstić information content (AvgIpc) is 3.00. The highest BCUT2D eigenvalue weighted by atomic mass is 16.5. The SMILES string of the molecule is CCOC(=O)c1coc(NCC2CC3CCC(C2)N3C)n1. The molecule has 3 rings (SSSR count). The Labute approximate surface area is 124 Å². The molecule has 2 saturated heterocycles. The molecule has 1 aromatic heterocycles. The zero-order valence-electron chi connectivity index (χ0n) is 12.7. The molecule has 2 aliphatic rings. The standard InChI is InChI=1S/C15H23N3O3/c1-3-20-14(19)13-9-21-15(17-13)16-8-10-6-11-4-5-12(7-10)18(11)2/h9-12H,3-8H2,1-2H3,(H,16,17). The number of ether oxygens (including phenoxy) is 1. The van der Waals surface area contributed by atoms with Crippen LogP contribution in [0.2, 0.25) is 0 Å². The van der Waals surface area contributed by atoms with Crippen molar-refractivity contribution in [1.29, 1.82) is 0 Å². The molecular weight excluding hydrogens is 270 g/mol. The zero-order chi connectivity index (χ0) is 14.8. The summed E-state index contributed by atoms with van der Waals surface area (Å²) in [5.41, 5.74) is 0.225. The van der Waals surface area contributed by atoms with E-state index < -0.39 is 5.97 Å². The summed E-state index contributed by atoms with van der Waals surface area (Å²) in [5.74, 6) is 0.211. The minimum absolute atomic E-state index is 0.225. The van der Waals surface area contributed by atoms with Crippen LogP contribution in [0.15, 0.2) is 10.7 Å². The second-order valence-corrected chi connectivity index (χ2v) is 6.03. The molecule has 0 aromatic carbocycles. The maximum Gasteiger partial charge on any atom is 0.360 e. The summed E-state index contributed by atoms with van der Waals surface area (Å²) in [6, 6.07) is 1.87. The Morgan fingerprint density at radius 1 is 1.48 bits per heavy atom. The molecule has 0 amide bonds. The lowest BCUT2D eigenvalue weighted by Crippen LogP contribution is -2.41. The van der Waals surface area contributed by atoms with Gasteiger partial charge in [-0.25, -0.2) is 4.79 Å². The van der Waals surface area contributed by atoms with Gasteiger partial charge in [0, 0.05) is 18.6 Å². The van der Waals surface area contributed by atoms with E-state index in [-0.39, 0.29) is 5.69 Å². The fourth-order valence-corrected chi connectivity index (χ4v) is 3.58. The average molecular weight is 293 g/mol. The normalized spacial score (nSPS) is 28.6. The monoisotopic (exact) mass is 293 g/mol. The Balaban J connectivity index is 1.51.